The second kappa shape index (κ2) is 8.02. The van der Waals surface area contributed by atoms with Crippen molar-refractivity contribution in [2.75, 3.05) is 32.8 Å². The lowest BCUT2D eigenvalue weighted by Gasteiger charge is -2.35. The molecule has 0 saturated carbocycles. The SMILES string of the molecule is Cl.OCC[C@H](c1cccc(Cl)c1F)N1CCNCC1. The lowest BCUT2D eigenvalue weighted by atomic mass is 10.0. The molecule has 2 N–H and O–H groups in total. The van der Waals surface area contributed by atoms with Crippen molar-refractivity contribution in [1.82, 2.24) is 10.2 Å². The van der Waals surface area contributed by atoms with Crippen molar-refractivity contribution in [3.8, 4) is 0 Å². The quantitative estimate of drug-likeness (QED) is 0.895. The molecule has 0 aromatic heterocycles. The van der Waals surface area contributed by atoms with Gasteiger partial charge in [0.2, 0.25) is 0 Å². The summed E-state index contributed by atoms with van der Waals surface area (Å²) in [6.07, 6.45) is 0.525. The molecule has 1 aliphatic rings. The van der Waals surface area contributed by atoms with Gasteiger partial charge in [0.05, 0.1) is 5.02 Å². The molecule has 19 heavy (non-hydrogen) atoms. The van der Waals surface area contributed by atoms with E-state index in [1.165, 1.54) is 0 Å². The van der Waals surface area contributed by atoms with Gasteiger partial charge in [-0.25, -0.2) is 4.39 Å². The third-order valence-electron chi connectivity index (χ3n) is 3.34. The number of nitrogens with zero attached hydrogens (tertiary/aromatic N) is 1. The Balaban J connectivity index is 0.00000180. The van der Waals surface area contributed by atoms with E-state index in [2.05, 4.69) is 10.2 Å². The first-order chi connectivity index (χ1) is 8.74. The van der Waals surface area contributed by atoms with Crippen LogP contribution in [-0.4, -0.2) is 42.8 Å². The molecule has 0 spiro atoms. The van der Waals surface area contributed by atoms with E-state index in [4.69, 9.17) is 11.6 Å². The zero-order valence-electron chi connectivity index (χ0n) is 10.6. The fourth-order valence-corrected chi connectivity index (χ4v) is 2.61. The maximum atomic E-state index is 14.1. The van der Waals surface area contributed by atoms with Crippen molar-refractivity contribution in [1.29, 1.82) is 0 Å². The molecule has 1 saturated heterocycles. The fraction of sp³-hybridized carbons (Fsp3) is 0.538. The smallest absolute Gasteiger partial charge is 0.146 e. The lowest BCUT2D eigenvalue weighted by Crippen LogP contribution is -2.45. The monoisotopic (exact) mass is 308 g/mol. The van der Waals surface area contributed by atoms with Crippen LogP contribution in [0.15, 0.2) is 18.2 Å². The highest BCUT2D eigenvalue weighted by molar-refractivity contribution is 6.30. The van der Waals surface area contributed by atoms with Crippen LogP contribution in [0.3, 0.4) is 0 Å². The van der Waals surface area contributed by atoms with Gasteiger partial charge in [-0.05, 0) is 12.5 Å². The average molecular weight is 309 g/mol. The molecular formula is C13H19Cl2FN2O. The van der Waals surface area contributed by atoms with E-state index in [9.17, 15) is 9.50 Å². The van der Waals surface area contributed by atoms with Crippen molar-refractivity contribution in [3.63, 3.8) is 0 Å². The molecule has 108 valence electrons. The topological polar surface area (TPSA) is 35.5 Å². The van der Waals surface area contributed by atoms with Gasteiger partial charge >= 0.3 is 0 Å². The summed E-state index contributed by atoms with van der Waals surface area (Å²) in [4.78, 5) is 2.20. The van der Waals surface area contributed by atoms with Crippen LogP contribution in [0.1, 0.15) is 18.0 Å². The van der Waals surface area contributed by atoms with E-state index >= 15 is 0 Å². The summed E-state index contributed by atoms with van der Waals surface area (Å²) in [6.45, 7) is 3.54. The van der Waals surface area contributed by atoms with E-state index in [1.807, 2.05) is 0 Å². The van der Waals surface area contributed by atoms with Gasteiger partial charge in [0.1, 0.15) is 5.82 Å². The van der Waals surface area contributed by atoms with Crippen LogP contribution in [0.4, 0.5) is 4.39 Å². The Morgan fingerprint density at radius 1 is 1.37 bits per heavy atom. The van der Waals surface area contributed by atoms with Gasteiger partial charge in [0, 0.05) is 44.4 Å². The van der Waals surface area contributed by atoms with Gasteiger partial charge in [-0.3, -0.25) is 4.90 Å². The molecule has 1 aliphatic heterocycles. The molecule has 0 unspecified atom stereocenters. The van der Waals surface area contributed by atoms with Crippen LogP contribution < -0.4 is 5.32 Å². The first-order valence-electron chi connectivity index (χ1n) is 6.23. The Bertz CT molecular complexity index is 400. The van der Waals surface area contributed by atoms with E-state index in [-0.39, 0.29) is 35.9 Å². The molecule has 1 aromatic rings. The second-order valence-corrected chi connectivity index (χ2v) is 4.86. The number of aliphatic hydroxyl groups is 1. The third kappa shape index (κ3) is 4.04. The largest absolute Gasteiger partial charge is 0.396 e. The van der Waals surface area contributed by atoms with Crippen molar-refractivity contribution in [2.45, 2.75) is 12.5 Å². The molecule has 0 radical (unpaired) electrons. The Kier molecular flexibility index (Phi) is 7.04. The van der Waals surface area contributed by atoms with Crippen molar-refractivity contribution in [3.05, 3.63) is 34.6 Å². The van der Waals surface area contributed by atoms with Crippen LogP contribution in [-0.2, 0) is 0 Å². The minimum absolute atomic E-state index is 0. The average Bonchev–Trinajstić information content (AvgIpc) is 2.41. The van der Waals surface area contributed by atoms with Gasteiger partial charge in [0.15, 0.2) is 0 Å². The molecule has 0 aliphatic carbocycles. The second-order valence-electron chi connectivity index (χ2n) is 4.46. The predicted octanol–water partition coefficient (Wildman–Crippen LogP) is 2.23. The van der Waals surface area contributed by atoms with Crippen LogP contribution in [0, 0.1) is 5.82 Å². The normalized spacial score (nSPS) is 17.8. The summed E-state index contributed by atoms with van der Waals surface area (Å²) in [5.74, 6) is -0.365. The number of hydrogen-bond donors (Lipinski definition) is 2. The maximum Gasteiger partial charge on any atom is 0.146 e. The number of aliphatic hydroxyl groups excluding tert-OH is 1. The van der Waals surface area contributed by atoms with Gasteiger partial charge < -0.3 is 10.4 Å². The molecule has 1 fully saturated rings. The van der Waals surface area contributed by atoms with Crippen LogP contribution >= 0.6 is 24.0 Å². The zero-order chi connectivity index (χ0) is 13.0. The van der Waals surface area contributed by atoms with Crippen molar-refractivity contribution >= 4 is 24.0 Å². The molecule has 1 heterocycles. The van der Waals surface area contributed by atoms with Crippen molar-refractivity contribution < 1.29 is 9.50 Å². The molecule has 1 atom stereocenters. The van der Waals surface area contributed by atoms with Gasteiger partial charge in [-0.15, -0.1) is 12.4 Å². The minimum atomic E-state index is -0.365. The van der Waals surface area contributed by atoms with Crippen LogP contribution in [0.2, 0.25) is 5.02 Å². The summed E-state index contributed by atoms with van der Waals surface area (Å²) in [5, 5.41) is 12.6. The number of halogens is 3. The summed E-state index contributed by atoms with van der Waals surface area (Å²) < 4.78 is 14.1. The summed E-state index contributed by atoms with van der Waals surface area (Å²) in [7, 11) is 0. The fourth-order valence-electron chi connectivity index (χ4n) is 2.43. The maximum absolute atomic E-state index is 14.1. The number of hydrogen-bond acceptors (Lipinski definition) is 3. The number of piperazine rings is 1. The highest BCUT2D eigenvalue weighted by Crippen LogP contribution is 2.29. The van der Waals surface area contributed by atoms with Gasteiger partial charge in [0.25, 0.3) is 0 Å². The van der Waals surface area contributed by atoms with Crippen LogP contribution in [0.25, 0.3) is 0 Å². The number of nitrogens with one attached hydrogen (secondary N) is 1. The number of rotatable bonds is 4. The molecule has 1 aromatic carbocycles. The zero-order valence-corrected chi connectivity index (χ0v) is 12.2. The van der Waals surface area contributed by atoms with E-state index in [1.54, 1.807) is 18.2 Å². The van der Waals surface area contributed by atoms with Gasteiger partial charge in [-0.2, -0.15) is 0 Å². The van der Waals surface area contributed by atoms with E-state index in [0.29, 0.717) is 12.0 Å². The van der Waals surface area contributed by atoms with E-state index < -0.39 is 0 Å². The molecule has 3 nitrogen and oxygen atoms in total. The van der Waals surface area contributed by atoms with Gasteiger partial charge in [-0.1, -0.05) is 23.7 Å². The summed E-state index contributed by atoms with van der Waals surface area (Å²) in [6, 6.07) is 4.96. The Morgan fingerprint density at radius 2 is 2.05 bits per heavy atom. The first kappa shape index (κ1) is 16.7. The van der Waals surface area contributed by atoms with Crippen LogP contribution in [0.5, 0.6) is 0 Å². The number of benzene rings is 1. The predicted molar refractivity (Wildman–Crippen MR) is 77.5 cm³/mol. The molecule has 2 rings (SSSR count). The Hall–Kier alpha value is -0.390. The Labute approximate surface area is 124 Å². The summed E-state index contributed by atoms with van der Waals surface area (Å²) in [5.41, 5.74) is 0.582. The highest BCUT2D eigenvalue weighted by Gasteiger charge is 2.24. The first-order valence-corrected chi connectivity index (χ1v) is 6.61. The lowest BCUT2D eigenvalue weighted by molar-refractivity contribution is 0.138. The molecule has 0 bridgehead atoms. The minimum Gasteiger partial charge on any atom is -0.396 e. The standard InChI is InChI=1S/C13H18ClFN2O.ClH/c14-11-3-1-2-10(13(11)15)12(4-9-18)17-7-5-16-6-8-17;/h1-3,12,16,18H,4-9H2;1H/t12-;/m1./s1. The molecule has 6 heteroatoms. The van der Waals surface area contributed by atoms with E-state index in [0.717, 1.165) is 26.2 Å². The highest BCUT2D eigenvalue weighted by atomic mass is 35.5. The Morgan fingerprint density at radius 3 is 2.68 bits per heavy atom. The third-order valence-corrected chi connectivity index (χ3v) is 3.63. The van der Waals surface area contributed by atoms with Crippen molar-refractivity contribution in [2.24, 2.45) is 0 Å². The molecule has 0 amide bonds. The molecular weight excluding hydrogens is 290 g/mol. The summed E-state index contributed by atoms with van der Waals surface area (Å²) >= 11 is 5.83.